The minimum Gasteiger partial charge on any atom is -0.330 e. The maximum absolute atomic E-state index is 5.72. The lowest BCUT2D eigenvalue weighted by molar-refractivity contribution is 0.170. The Kier molecular flexibility index (Phi) is 7.49. The molecule has 2 N–H and O–H groups in total. The van der Waals surface area contributed by atoms with Crippen molar-refractivity contribution in [1.29, 1.82) is 0 Å². The Morgan fingerprint density at radius 1 is 0.882 bits per heavy atom. The van der Waals surface area contributed by atoms with Gasteiger partial charge in [-0.2, -0.15) is 0 Å². The first-order valence-electron chi connectivity index (χ1n) is 7.31. The Morgan fingerprint density at radius 3 is 2.12 bits per heavy atom. The summed E-state index contributed by atoms with van der Waals surface area (Å²) in [6, 6.07) is 0. The normalized spacial score (nSPS) is 24.5. The number of nitrogens with zero attached hydrogens (tertiary/aromatic N) is 1. The monoisotopic (exact) mass is 260 g/mol. The second kappa shape index (κ2) is 8.34. The molecule has 0 amide bonds. The molecule has 102 valence electrons. The molecule has 2 aliphatic rings. The molecule has 2 rings (SSSR count). The fourth-order valence-electron chi connectivity index (χ4n) is 3.29. The number of nitrogens with two attached hydrogens (primary N) is 1. The van der Waals surface area contributed by atoms with Crippen molar-refractivity contribution in [2.75, 3.05) is 26.2 Å². The number of likely N-dealkylation sites (tertiary alicyclic amines) is 1. The van der Waals surface area contributed by atoms with Gasteiger partial charge in [-0.1, -0.05) is 32.1 Å². The largest absolute Gasteiger partial charge is 0.330 e. The summed E-state index contributed by atoms with van der Waals surface area (Å²) in [5.41, 5.74) is 5.72. The van der Waals surface area contributed by atoms with E-state index < -0.39 is 0 Å². The van der Waals surface area contributed by atoms with Crippen LogP contribution in [0, 0.1) is 11.8 Å². The first kappa shape index (κ1) is 15.3. The van der Waals surface area contributed by atoms with Crippen molar-refractivity contribution in [3.8, 4) is 0 Å². The van der Waals surface area contributed by atoms with Gasteiger partial charge in [0.2, 0.25) is 0 Å². The van der Waals surface area contributed by atoms with Gasteiger partial charge in [0.25, 0.3) is 0 Å². The van der Waals surface area contributed by atoms with Gasteiger partial charge in [-0.05, 0) is 57.3 Å². The highest BCUT2D eigenvalue weighted by Crippen LogP contribution is 2.27. The molecule has 1 aliphatic carbocycles. The van der Waals surface area contributed by atoms with E-state index in [0.29, 0.717) is 0 Å². The number of hydrogen-bond acceptors (Lipinski definition) is 2. The molecule has 3 heteroatoms. The summed E-state index contributed by atoms with van der Waals surface area (Å²) in [6.45, 7) is 4.85. The van der Waals surface area contributed by atoms with E-state index in [1.807, 2.05) is 0 Å². The Hall–Kier alpha value is 0.210. The molecule has 0 aromatic rings. The molecule has 1 aliphatic heterocycles. The highest BCUT2D eigenvalue weighted by atomic mass is 35.5. The SMILES string of the molecule is Cl.NCC1CCN(CCC2CCCCC2)CC1. The van der Waals surface area contributed by atoms with Crippen LogP contribution in [0.25, 0.3) is 0 Å². The Labute approximate surface area is 113 Å². The molecule has 1 saturated heterocycles. The molecule has 17 heavy (non-hydrogen) atoms. The lowest BCUT2D eigenvalue weighted by atomic mass is 9.86. The smallest absolute Gasteiger partial charge is 0.00156 e. The topological polar surface area (TPSA) is 29.3 Å². The van der Waals surface area contributed by atoms with E-state index in [1.165, 1.54) is 71.0 Å². The fourth-order valence-corrected chi connectivity index (χ4v) is 3.29. The highest BCUT2D eigenvalue weighted by Gasteiger charge is 2.19. The molecular formula is C14H29ClN2. The predicted molar refractivity (Wildman–Crippen MR) is 76.7 cm³/mol. The number of piperidine rings is 1. The zero-order valence-electron chi connectivity index (χ0n) is 11.1. The van der Waals surface area contributed by atoms with E-state index in [9.17, 15) is 0 Å². The van der Waals surface area contributed by atoms with Gasteiger partial charge >= 0.3 is 0 Å². The van der Waals surface area contributed by atoms with Crippen molar-refractivity contribution < 1.29 is 0 Å². The minimum absolute atomic E-state index is 0. The van der Waals surface area contributed by atoms with Gasteiger partial charge in [-0.3, -0.25) is 0 Å². The van der Waals surface area contributed by atoms with Crippen molar-refractivity contribution in [2.45, 2.75) is 51.4 Å². The molecule has 0 atom stereocenters. The molecular weight excluding hydrogens is 232 g/mol. The van der Waals surface area contributed by atoms with Gasteiger partial charge in [0.05, 0.1) is 0 Å². The van der Waals surface area contributed by atoms with Crippen molar-refractivity contribution in [2.24, 2.45) is 17.6 Å². The Bertz CT molecular complexity index is 185. The second-order valence-corrected chi connectivity index (χ2v) is 5.81. The van der Waals surface area contributed by atoms with Crippen molar-refractivity contribution in [3.05, 3.63) is 0 Å². The number of halogens is 1. The van der Waals surface area contributed by atoms with Crippen LogP contribution in [0.4, 0.5) is 0 Å². The van der Waals surface area contributed by atoms with Crippen LogP contribution in [-0.2, 0) is 0 Å². The van der Waals surface area contributed by atoms with Crippen LogP contribution < -0.4 is 5.73 Å². The summed E-state index contributed by atoms with van der Waals surface area (Å²) in [5, 5.41) is 0. The van der Waals surface area contributed by atoms with E-state index >= 15 is 0 Å². The second-order valence-electron chi connectivity index (χ2n) is 5.81. The summed E-state index contributed by atoms with van der Waals surface area (Å²) in [6.07, 6.45) is 11.6. The lowest BCUT2D eigenvalue weighted by Crippen LogP contribution is -2.37. The summed E-state index contributed by atoms with van der Waals surface area (Å²) < 4.78 is 0. The van der Waals surface area contributed by atoms with Crippen LogP contribution in [0.5, 0.6) is 0 Å². The van der Waals surface area contributed by atoms with Crippen LogP contribution >= 0.6 is 12.4 Å². The molecule has 0 aromatic carbocycles. The quantitative estimate of drug-likeness (QED) is 0.842. The number of rotatable bonds is 4. The zero-order valence-corrected chi connectivity index (χ0v) is 11.9. The highest BCUT2D eigenvalue weighted by molar-refractivity contribution is 5.85. The van der Waals surface area contributed by atoms with Crippen molar-refractivity contribution in [3.63, 3.8) is 0 Å². The first-order valence-corrected chi connectivity index (χ1v) is 7.31. The summed E-state index contributed by atoms with van der Waals surface area (Å²) in [4.78, 5) is 2.67. The maximum Gasteiger partial charge on any atom is -0.00156 e. The molecule has 0 spiro atoms. The molecule has 0 unspecified atom stereocenters. The zero-order chi connectivity index (χ0) is 11.2. The molecule has 0 aromatic heterocycles. The molecule has 1 heterocycles. The molecule has 2 nitrogen and oxygen atoms in total. The van der Waals surface area contributed by atoms with Gasteiger partial charge in [-0.15, -0.1) is 12.4 Å². The van der Waals surface area contributed by atoms with Gasteiger partial charge in [0.15, 0.2) is 0 Å². The maximum atomic E-state index is 5.72. The number of hydrogen-bond donors (Lipinski definition) is 1. The Morgan fingerprint density at radius 2 is 1.53 bits per heavy atom. The van der Waals surface area contributed by atoms with E-state index in [2.05, 4.69) is 4.90 Å². The van der Waals surface area contributed by atoms with E-state index in [0.717, 1.165) is 18.4 Å². The predicted octanol–water partition coefficient (Wildman–Crippen LogP) is 3.05. The third-order valence-electron chi connectivity index (χ3n) is 4.62. The van der Waals surface area contributed by atoms with Crippen LogP contribution in [0.3, 0.4) is 0 Å². The molecule has 2 fully saturated rings. The Balaban J connectivity index is 0.00000144. The third-order valence-corrected chi connectivity index (χ3v) is 4.62. The van der Waals surface area contributed by atoms with Crippen LogP contribution in [-0.4, -0.2) is 31.1 Å². The van der Waals surface area contributed by atoms with Crippen LogP contribution in [0.1, 0.15) is 51.4 Å². The third kappa shape index (κ3) is 5.15. The fraction of sp³-hybridized carbons (Fsp3) is 1.00. The van der Waals surface area contributed by atoms with Gasteiger partial charge in [0, 0.05) is 0 Å². The van der Waals surface area contributed by atoms with Gasteiger partial charge in [0.1, 0.15) is 0 Å². The molecule has 0 radical (unpaired) electrons. The van der Waals surface area contributed by atoms with E-state index in [4.69, 9.17) is 5.73 Å². The van der Waals surface area contributed by atoms with Crippen molar-refractivity contribution >= 4 is 12.4 Å². The minimum atomic E-state index is 0. The van der Waals surface area contributed by atoms with Gasteiger partial charge in [-0.25, -0.2) is 0 Å². The lowest BCUT2D eigenvalue weighted by Gasteiger charge is -2.32. The average molecular weight is 261 g/mol. The summed E-state index contributed by atoms with van der Waals surface area (Å²) in [5.74, 6) is 1.85. The van der Waals surface area contributed by atoms with Crippen LogP contribution in [0.2, 0.25) is 0 Å². The summed E-state index contributed by atoms with van der Waals surface area (Å²) in [7, 11) is 0. The summed E-state index contributed by atoms with van der Waals surface area (Å²) >= 11 is 0. The first-order chi connectivity index (χ1) is 7.88. The van der Waals surface area contributed by atoms with Gasteiger partial charge < -0.3 is 10.6 Å². The molecule has 0 bridgehead atoms. The van der Waals surface area contributed by atoms with E-state index in [-0.39, 0.29) is 12.4 Å². The van der Waals surface area contributed by atoms with Crippen LogP contribution in [0.15, 0.2) is 0 Å². The standard InChI is InChI=1S/C14H28N2.ClH/c15-12-14-7-10-16(11-8-14)9-6-13-4-2-1-3-5-13;/h13-14H,1-12,15H2;1H. The van der Waals surface area contributed by atoms with Crippen molar-refractivity contribution in [1.82, 2.24) is 4.90 Å². The average Bonchev–Trinajstić information content (AvgIpc) is 2.38. The van der Waals surface area contributed by atoms with E-state index in [1.54, 1.807) is 0 Å². The molecule has 1 saturated carbocycles.